The third-order valence-electron chi connectivity index (χ3n) is 4.45. The van der Waals surface area contributed by atoms with E-state index in [1.54, 1.807) is 0 Å². The Morgan fingerprint density at radius 2 is 1.71 bits per heavy atom. The Morgan fingerprint density at radius 3 is 2.50 bits per heavy atom. The molecule has 1 aromatic heterocycles. The fourth-order valence-corrected chi connectivity index (χ4v) is 3.08. The number of para-hydroxylation sites is 1. The molecule has 4 nitrogen and oxygen atoms in total. The third-order valence-corrected chi connectivity index (χ3v) is 4.45. The SMILES string of the molecule is Cc1ccccc1Oc1cc(C2CC2c2ccccc2)nc(N)n1. The van der Waals surface area contributed by atoms with Crippen molar-refractivity contribution in [2.75, 3.05) is 5.73 Å². The van der Waals surface area contributed by atoms with Crippen molar-refractivity contribution in [3.8, 4) is 11.6 Å². The van der Waals surface area contributed by atoms with E-state index in [9.17, 15) is 0 Å². The highest BCUT2D eigenvalue weighted by molar-refractivity contribution is 5.40. The van der Waals surface area contributed by atoms with Crippen molar-refractivity contribution in [1.82, 2.24) is 9.97 Å². The first-order chi connectivity index (χ1) is 11.7. The summed E-state index contributed by atoms with van der Waals surface area (Å²) in [5.74, 6) is 2.45. The predicted octanol–water partition coefficient (Wildman–Crippen LogP) is 4.43. The summed E-state index contributed by atoms with van der Waals surface area (Å²) in [6.45, 7) is 2.01. The number of rotatable bonds is 4. The van der Waals surface area contributed by atoms with Crippen LogP contribution in [0.3, 0.4) is 0 Å². The lowest BCUT2D eigenvalue weighted by atomic mass is 10.1. The van der Waals surface area contributed by atoms with E-state index in [1.165, 1.54) is 5.56 Å². The fraction of sp³-hybridized carbons (Fsp3) is 0.200. The van der Waals surface area contributed by atoms with Crippen LogP contribution in [-0.4, -0.2) is 9.97 Å². The molecule has 3 aromatic rings. The summed E-state index contributed by atoms with van der Waals surface area (Å²) >= 11 is 0. The second-order valence-electron chi connectivity index (χ2n) is 6.22. The molecule has 0 spiro atoms. The molecule has 1 fully saturated rings. The molecule has 1 aliphatic carbocycles. The van der Waals surface area contributed by atoms with Gasteiger partial charge in [0.25, 0.3) is 0 Å². The van der Waals surface area contributed by atoms with Crippen molar-refractivity contribution in [1.29, 1.82) is 0 Å². The quantitative estimate of drug-likeness (QED) is 0.773. The molecule has 0 aliphatic heterocycles. The Kier molecular flexibility index (Phi) is 3.65. The van der Waals surface area contributed by atoms with Crippen LogP contribution in [0, 0.1) is 6.92 Å². The zero-order valence-electron chi connectivity index (χ0n) is 13.5. The molecule has 0 saturated heterocycles. The number of nitrogens with zero attached hydrogens (tertiary/aromatic N) is 2. The minimum Gasteiger partial charge on any atom is -0.439 e. The number of aromatic nitrogens is 2. The average molecular weight is 317 g/mol. The van der Waals surface area contributed by atoms with Crippen LogP contribution in [0.5, 0.6) is 11.6 Å². The van der Waals surface area contributed by atoms with Crippen molar-refractivity contribution in [3.05, 3.63) is 77.5 Å². The molecule has 2 N–H and O–H groups in total. The van der Waals surface area contributed by atoms with Gasteiger partial charge in [-0.25, -0.2) is 4.98 Å². The molecule has 2 aromatic carbocycles. The summed E-state index contributed by atoms with van der Waals surface area (Å²) in [6.07, 6.45) is 1.09. The summed E-state index contributed by atoms with van der Waals surface area (Å²) in [5, 5.41) is 0. The summed E-state index contributed by atoms with van der Waals surface area (Å²) in [5.41, 5.74) is 9.27. The molecule has 4 heteroatoms. The standard InChI is InChI=1S/C20H19N3O/c1-13-7-5-6-10-18(13)24-19-12-17(22-20(21)23-19)16-11-15(16)14-8-3-2-4-9-14/h2-10,12,15-16H,11H2,1H3,(H2,21,22,23). The van der Waals surface area contributed by atoms with Crippen LogP contribution in [0.25, 0.3) is 0 Å². The van der Waals surface area contributed by atoms with E-state index in [4.69, 9.17) is 10.5 Å². The van der Waals surface area contributed by atoms with Crippen LogP contribution in [0.2, 0.25) is 0 Å². The molecule has 2 atom stereocenters. The van der Waals surface area contributed by atoms with E-state index in [2.05, 4.69) is 34.2 Å². The summed E-state index contributed by atoms with van der Waals surface area (Å²) in [7, 11) is 0. The lowest BCUT2D eigenvalue weighted by Crippen LogP contribution is -2.01. The van der Waals surface area contributed by atoms with E-state index >= 15 is 0 Å². The minimum absolute atomic E-state index is 0.259. The van der Waals surface area contributed by atoms with Crippen molar-refractivity contribution in [2.45, 2.75) is 25.2 Å². The number of hydrogen-bond donors (Lipinski definition) is 1. The van der Waals surface area contributed by atoms with Gasteiger partial charge in [-0.15, -0.1) is 0 Å². The van der Waals surface area contributed by atoms with Gasteiger partial charge in [-0.05, 0) is 36.5 Å². The highest BCUT2D eigenvalue weighted by Gasteiger charge is 2.41. The van der Waals surface area contributed by atoms with Crippen molar-refractivity contribution < 1.29 is 4.74 Å². The van der Waals surface area contributed by atoms with E-state index in [0.717, 1.165) is 23.4 Å². The second kappa shape index (κ2) is 5.96. The van der Waals surface area contributed by atoms with Gasteiger partial charge < -0.3 is 10.5 Å². The van der Waals surface area contributed by atoms with Crippen LogP contribution < -0.4 is 10.5 Å². The topological polar surface area (TPSA) is 61.0 Å². The number of ether oxygens (including phenoxy) is 1. The molecule has 2 unspecified atom stereocenters. The Labute approximate surface area is 141 Å². The Bertz CT molecular complexity index is 864. The van der Waals surface area contributed by atoms with Crippen molar-refractivity contribution >= 4 is 5.95 Å². The van der Waals surface area contributed by atoms with Gasteiger partial charge in [0.2, 0.25) is 11.8 Å². The number of hydrogen-bond acceptors (Lipinski definition) is 4. The number of nitrogen functional groups attached to an aromatic ring is 1. The Morgan fingerprint density at radius 1 is 0.958 bits per heavy atom. The van der Waals surface area contributed by atoms with Crippen LogP contribution in [0.15, 0.2) is 60.7 Å². The molecule has 0 radical (unpaired) electrons. The van der Waals surface area contributed by atoms with Gasteiger partial charge in [0.1, 0.15) is 5.75 Å². The van der Waals surface area contributed by atoms with Gasteiger partial charge >= 0.3 is 0 Å². The molecule has 1 saturated carbocycles. The largest absolute Gasteiger partial charge is 0.439 e. The first-order valence-corrected chi connectivity index (χ1v) is 8.13. The minimum atomic E-state index is 0.259. The normalized spacial score (nSPS) is 19.0. The monoisotopic (exact) mass is 317 g/mol. The molecule has 0 bridgehead atoms. The maximum Gasteiger partial charge on any atom is 0.224 e. The van der Waals surface area contributed by atoms with Crippen LogP contribution in [0.1, 0.15) is 35.1 Å². The highest BCUT2D eigenvalue weighted by Crippen LogP contribution is 2.54. The van der Waals surface area contributed by atoms with Crippen molar-refractivity contribution in [2.24, 2.45) is 0 Å². The zero-order chi connectivity index (χ0) is 16.5. The Hall–Kier alpha value is -2.88. The maximum atomic E-state index is 5.92. The molecular weight excluding hydrogens is 298 g/mol. The molecule has 1 heterocycles. The van der Waals surface area contributed by atoms with Gasteiger partial charge in [-0.3, -0.25) is 0 Å². The van der Waals surface area contributed by atoms with Gasteiger partial charge in [0.05, 0.1) is 5.69 Å². The first kappa shape index (κ1) is 14.7. The molecule has 1 aliphatic rings. The van der Waals surface area contributed by atoms with Crippen LogP contribution in [-0.2, 0) is 0 Å². The van der Waals surface area contributed by atoms with E-state index < -0.39 is 0 Å². The van der Waals surface area contributed by atoms with Gasteiger partial charge in [0.15, 0.2) is 0 Å². The smallest absolute Gasteiger partial charge is 0.224 e. The van der Waals surface area contributed by atoms with Gasteiger partial charge in [0, 0.05) is 12.0 Å². The number of aryl methyl sites for hydroxylation is 1. The average Bonchev–Trinajstić information content (AvgIpc) is 3.38. The fourth-order valence-electron chi connectivity index (χ4n) is 3.08. The molecular formula is C20H19N3O. The maximum absolute atomic E-state index is 5.92. The molecule has 24 heavy (non-hydrogen) atoms. The van der Waals surface area contributed by atoms with E-state index in [1.807, 2.05) is 43.3 Å². The second-order valence-corrected chi connectivity index (χ2v) is 6.22. The highest BCUT2D eigenvalue weighted by atomic mass is 16.5. The first-order valence-electron chi connectivity index (χ1n) is 8.13. The summed E-state index contributed by atoms with van der Waals surface area (Å²) in [4.78, 5) is 8.64. The van der Waals surface area contributed by atoms with Crippen molar-refractivity contribution in [3.63, 3.8) is 0 Å². The summed E-state index contributed by atoms with van der Waals surface area (Å²) in [6, 6.07) is 20.3. The van der Waals surface area contributed by atoms with Gasteiger partial charge in [-0.2, -0.15) is 4.98 Å². The molecule has 120 valence electrons. The molecule has 4 rings (SSSR count). The Balaban J connectivity index is 1.58. The zero-order valence-corrected chi connectivity index (χ0v) is 13.5. The third kappa shape index (κ3) is 2.95. The molecule has 0 amide bonds. The van der Waals surface area contributed by atoms with E-state index in [-0.39, 0.29) is 5.95 Å². The number of anilines is 1. The van der Waals surface area contributed by atoms with E-state index in [0.29, 0.717) is 17.7 Å². The van der Waals surface area contributed by atoms with Gasteiger partial charge in [-0.1, -0.05) is 48.5 Å². The summed E-state index contributed by atoms with van der Waals surface area (Å²) < 4.78 is 5.92. The lowest BCUT2D eigenvalue weighted by molar-refractivity contribution is 0.458. The number of benzene rings is 2. The number of nitrogens with two attached hydrogens (primary N) is 1. The van der Waals surface area contributed by atoms with Crippen LogP contribution in [0.4, 0.5) is 5.95 Å². The lowest BCUT2D eigenvalue weighted by Gasteiger charge is -2.09. The van der Waals surface area contributed by atoms with Crippen LogP contribution >= 0.6 is 0 Å². The predicted molar refractivity (Wildman–Crippen MR) is 94.2 cm³/mol.